The largest absolute Gasteiger partial charge is 0.352 e. The van der Waals surface area contributed by atoms with Crippen LogP contribution in [0.5, 0.6) is 0 Å². The molecule has 1 aliphatic rings. The normalized spacial score (nSPS) is 14.2. The second kappa shape index (κ2) is 13.0. The summed E-state index contributed by atoms with van der Waals surface area (Å²) in [6.45, 7) is 3.87. The van der Waals surface area contributed by atoms with Crippen LogP contribution in [0.1, 0.15) is 37.8 Å². The maximum Gasteiger partial charge on any atom is 0.265 e. The van der Waals surface area contributed by atoms with E-state index in [1.54, 1.807) is 36.4 Å². The van der Waals surface area contributed by atoms with Gasteiger partial charge in [0.05, 0.1) is 10.6 Å². The van der Waals surface area contributed by atoms with Crippen molar-refractivity contribution in [3.63, 3.8) is 0 Å². The first-order valence-corrected chi connectivity index (χ1v) is 16.4. The monoisotopic (exact) mass is 637 g/mol. The summed E-state index contributed by atoms with van der Waals surface area (Å²) in [6, 6.07) is 24.4. The van der Waals surface area contributed by atoms with E-state index in [1.807, 2.05) is 62.4 Å². The molecule has 10 heteroatoms. The Bertz CT molecular complexity index is 1740. The van der Waals surface area contributed by atoms with E-state index in [2.05, 4.69) is 5.32 Å². The van der Waals surface area contributed by atoms with Crippen molar-refractivity contribution >= 4 is 61.5 Å². The van der Waals surface area contributed by atoms with Crippen LogP contribution in [0.2, 0.25) is 10.0 Å². The first-order chi connectivity index (χ1) is 20.6. The standard InChI is InChI=1S/C33H33Cl2N3O4S/c1-22(2)36-33(40)29(20-23-10-4-3-5-11-23)37(21-25-26(34)14-8-15-27(25)35)31(39)18-9-19-38-28-16-6-12-24-13-7-17-30(32(24)28)43(38,41)42/h3-8,10-17,22,29H,9,18-21H2,1-2H3,(H,36,40)/t29-/m0/s1. The fourth-order valence-electron chi connectivity index (χ4n) is 5.50. The minimum atomic E-state index is -3.75. The van der Waals surface area contributed by atoms with Gasteiger partial charge in [0.1, 0.15) is 6.04 Å². The van der Waals surface area contributed by atoms with E-state index in [4.69, 9.17) is 23.2 Å². The van der Waals surface area contributed by atoms with Gasteiger partial charge in [0, 0.05) is 53.0 Å². The average Bonchev–Trinajstić information content (AvgIpc) is 3.19. The highest BCUT2D eigenvalue weighted by Gasteiger charge is 2.36. The molecule has 0 saturated carbocycles. The molecule has 4 aromatic carbocycles. The van der Waals surface area contributed by atoms with Crippen LogP contribution in [0.3, 0.4) is 0 Å². The predicted octanol–water partition coefficient (Wildman–Crippen LogP) is 6.60. The molecule has 2 amide bonds. The fourth-order valence-corrected chi connectivity index (χ4v) is 7.77. The quantitative estimate of drug-likeness (QED) is 0.201. The van der Waals surface area contributed by atoms with Crippen molar-refractivity contribution in [2.45, 2.75) is 56.6 Å². The summed E-state index contributed by atoms with van der Waals surface area (Å²) in [4.78, 5) is 29.4. The molecule has 5 rings (SSSR count). The molecule has 0 aliphatic carbocycles. The smallest absolute Gasteiger partial charge is 0.265 e. The van der Waals surface area contributed by atoms with E-state index in [-0.39, 0.29) is 55.1 Å². The average molecular weight is 639 g/mol. The predicted molar refractivity (Wildman–Crippen MR) is 172 cm³/mol. The summed E-state index contributed by atoms with van der Waals surface area (Å²) >= 11 is 13.0. The molecule has 0 saturated heterocycles. The van der Waals surface area contributed by atoms with Gasteiger partial charge in [-0.25, -0.2) is 8.42 Å². The van der Waals surface area contributed by atoms with Crippen LogP contribution in [0.4, 0.5) is 5.69 Å². The van der Waals surface area contributed by atoms with E-state index in [1.165, 1.54) is 9.21 Å². The Morgan fingerprint density at radius 1 is 0.884 bits per heavy atom. The van der Waals surface area contributed by atoms with Gasteiger partial charge in [-0.05, 0) is 55.5 Å². The Morgan fingerprint density at radius 3 is 2.21 bits per heavy atom. The Hall–Kier alpha value is -3.59. The van der Waals surface area contributed by atoms with E-state index in [0.29, 0.717) is 26.7 Å². The van der Waals surface area contributed by atoms with E-state index in [0.717, 1.165) is 10.9 Å². The Balaban J connectivity index is 1.42. The van der Waals surface area contributed by atoms with Crippen molar-refractivity contribution in [3.8, 4) is 0 Å². The van der Waals surface area contributed by atoms with Crippen molar-refractivity contribution in [3.05, 3.63) is 106 Å². The van der Waals surface area contributed by atoms with Crippen LogP contribution in [0.15, 0.2) is 89.8 Å². The minimum Gasteiger partial charge on any atom is -0.352 e. The number of benzene rings is 4. The number of amides is 2. The van der Waals surface area contributed by atoms with Crippen molar-refractivity contribution in [2.24, 2.45) is 0 Å². The zero-order valence-corrected chi connectivity index (χ0v) is 26.3. The summed E-state index contributed by atoms with van der Waals surface area (Å²) in [7, 11) is -3.75. The van der Waals surface area contributed by atoms with Crippen molar-refractivity contribution < 1.29 is 18.0 Å². The summed E-state index contributed by atoms with van der Waals surface area (Å²) in [6.07, 6.45) is 0.546. The van der Waals surface area contributed by atoms with Crippen molar-refractivity contribution in [1.82, 2.24) is 10.2 Å². The second-order valence-electron chi connectivity index (χ2n) is 10.9. The molecule has 1 heterocycles. The van der Waals surface area contributed by atoms with Crippen molar-refractivity contribution in [1.29, 1.82) is 0 Å². The number of carbonyl (C=O) groups excluding carboxylic acids is 2. The van der Waals surface area contributed by atoms with E-state index in [9.17, 15) is 18.0 Å². The van der Waals surface area contributed by atoms with Gasteiger partial charge >= 0.3 is 0 Å². The van der Waals surface area contributed by atoms with Gasteiger partial charge in [-0.2, -0.15) is 0 Å². The summed E-state index contributed by atoms with van der Waals surface area (Å²) in [5, 5.41) is 5.28. The zero-order valence-electron chi connectivity index (χ0n) is 24.0. The first-order valence-electron chi connectivity index (χ1n) is 14.2. The lowest BCUT2D eigenvalue weighted by Gasteiger charge is -2.33. The minimum absolute atomic E-state index is 0.0145. The first kappa shape index (κ1) is 30.9. The molecule has 224 valence electrons. The van der Waals surface area contributed by atoms with Gasteiger partial charge in [-0.15, -0.1) is 0 Å². The maximum atomic E-state index is 14.0. The Morgan fingerprint density at radius 2 is 1.53 bits per heavy atom. The fraction of sp³-hybridized carbons (Fsp3) is 0.273. The molecular weight excluding hydrogens is 605 g/mol. The van der Waals surface area contributed by atoms with E-state index < -0.39 is 16.1 Å². The number of carbonyl (C=O) groups is 2. The number of hydrogen-bond acceptors (Lipinski definition) is 4. The highest BCUT2D eigenvalue weighted by Crippen LogP contribution is 2.42. The Kier molecular flexibility index (Phi) is 9.30. The lowest BCUT2D eigenvalue weighted by atomic mass is 10.0. The molecule has 0 fully saturated rings. The molecular formula is C33H33Cl2N3O4S. The number of sulfonamides is 1. The molecule has 1 N–H and O–H groups in total. The number of nitrogens with zero attached hydrogens (tertiary/aromatic N) is 2. The molecule has 0 unspecified atom stereocenters. The number of hydrogen-bond donors (Lipinski definition) is 1. The maximum absolute atomic E-state index is 14.0. The SMILES string of the molecule is CC(C)NC(=O)[C@H](Cc1ccccc1)N(Cc1c(Cl)cccc1Cl)C(=O)CCCN1c2cccc3cccc(c23)S1(=O)=O. The van der Waals surface area contributed by atoms with Crippen molar-refractivity contribution in [2.75, 3.05) is 10.8 Å². The number of anilines is 1. The lowest BCUT2D eigenvalue weighted by molar-refractivity contribution is -0.141. The third kappa shape index (κ3) is 6.51. The molecule has 0 aromatic heterocycles. The highest BCUT2D eigenvalue weighted by atomic mass is 35.5. The van der Waals surface area contributed by atoms with Gasteiger partial charge in [-0.1, -0.05) is 83.9 Å². The van der Waals surface area contributed by atoms with Crippen LogP contribution >= 0.6 is 23.2 Å². The van der Waals surface area contributed by atoms with Crippen LogP contribution in [-0.2, 0) is 32.6 Å². The molecule has 0 spiro atoms. The molecule has 43 heavy (non-hydrogen) atoms. The highest BCUT2D eigenvalue weighted by molar-refractivity contribution is 7.93. The van der Waals surface area contributed by atoms with Crippen LogP contribution in [0.25, 0.3) is 10.8 Å². The van der Waals surface area contributed by atoms with Gasteiger partial charge in [0.15, 0.2) is 0 Å². The lowest BCUT2D eigenvalue weighted by Crippen LogP contribution is -2.52. The number of halogens is 2. The summed E-state index contributed by atoms with van der Waals surface area (Å²) in [5.41, 5.74) is 2.04. The van der Waals surface area contributed by atoms with Gasteiger partial charge in [0.25, 0.3) is 10.0 Å². The van der Waals surface area contributed by atoms with Crippen LogP contribution in [0, 0.1) is 0 Å². The zero-order chi connectivity index (χ0) is 30.7. The van der Waals surface area contributed by atoms with Crippen LogP contribution in [-0.4, -0.2) is 43.8 Å². The summed E-state index contributed by atoms with van der Waals surface area (Å²) < 4.78 is 28.3. The van der Waals surface area contributed by atoms with Gasteiger partial charge < -0.3 is 10.2 Å². The molecule has 0 radical (unpaired) electrons. The second-order valence-corrected chi connectivity index (χ2v) is 13.5. The van der Waals surface area contributed by atoms with Crippen LogP contribution < -0.4 is 9.62 Å². The number of rotatable bonds is 11. The molecule has 4 aromatic rings. The molecule has 1 aliphatic heterocycles. The Labute approximate surface area is 262 Å². The third-order valence-corrected chi connectivity index (χ3v) is 10.1. The van der Waals surface area contributed by atoms with E-state index >= 15 is 0 Å². The molecule has 0 bridgehead atoms. The summed E-state index contributed by atoms with van der Waals surface area (Å²) in [5.74, 6) is -0.595. The van der Waals surface area contributed by atoms with Gasteiger partial charge in [0.2, 0.25) is 11.8 Å². The van der Waals surface area contributed by atoms with Gasteiger partial charge in [-0.3, -0.25) is 13.9 Å². The third-order valence-electron chi connectivity index (χ3n) is 7.53. The molecule has 7 nitrogen and oxygen atoms in total. The topological polar surface area (TPSA) is 86.8 Å². The molecule has 1 atom stereocenters. The number of nitrogens with one attached hydrogen (secondary N) is 1.